The Morgan fingerprint density at radius 2 is 2.13 bits per heavy atom. The standard InChI is InChI=1S/C16H17N3O2S2/c1-16(2)19(10-20)13(9-23-16)14(21)18-15-17-12(8-22-15)11-6-4-3-5-7-11/h3-8,10,13H,9H2,1-2H3,(H,17,18,21). The fourth-order valence-electron chi connectivity index (χ4n) is 2.48. The van der Waals surface area contributed by atoms with Gasteiger partial charge in [-0.1, -0.05) is 30.3 Å². The summed E-state index contributed by atoms with van der Waals surface area (Å²) < 4.78 is 0. The summed E-state index contributed by atoms with van der Waals surface area (Å²) in [7, 11) is 0. The maximum Gasteiger partial charge on any atom is 0.249 e. The van der Waals surface area contributed by atoms with Gasteiger partial charge in [0.05, 0.1) is 10.6 Å². The molecule has 7 heteroatoms. The quantitative estimate of drug-likeness (QED) is 0.864. The van der Waals surface area contributed by atoms with E-state index in [1.54, 1.807) is 16.7 Å². The highest BCUT2D eigenvalue weighted by Gasteiger charge is 2.43. The normalized spacial score (nSPS) is 19.6. The van der Waals surface area contributed by atoms with Gasteiger partial charge in [-0.05, 0) is 13.8 Å². The lowest BCUT2D eigenvalue weighted by molar-refractivity contribution is -0.130. The van der Waals surface area contributed by atoms with Crippen molar-refractivity contribution < 1.29 is 9.59 Å². The van der Waals surface area contributed by atoms with Crippen LogP contribution in [0.1, 0.15) is 13.8 Å². The van der Waals surface area contributed by atoms with Gasteiger partial charge in [0.2, 0.25) is 12.3 Å². The zero-order chi connectivity index (χ0) is 16.4. The lowest BCUT2D eigenvalue weighted by Gasteiger charge is -2.29. The van der Waals surface area contributed by atoms with Crippen LogP contribution >= 0.6 is 23.1 Å². The molecule has 0 radical (unpaired) electrons. The highest BCUT2D eigenvalue weighted by Crippen LogP contribution is 2.38. The van der Waals surface area contributed by atoms with Crippen molar-refractivity contribution in [3.05, 3.63) is 35.7 Å². The summed E-state index contributed by atoms with van der Waals surface area (Å²) in [4.78, 5) is 29.4. The van der Waals surface area contributed by atoms with Gasteiger partial charge in [0.1, 0.15) is 6.04 Å². The van der Waals surface area contributed by atoms with Crippen LogP contribution < -0.4 is 5.32 Å². The number of amides is 2. The molecule has 1 saturated heterocycles. The third-order valence-electron chi connectivity index (χ3n) is 3.77. The molecule has 5 nitrogen and oxygen atoms in total. The minimum atomic E-state index is -0.462. The van der Waals surface area contributed by atoms with E-state index in [-0.39, 0.29) is 10.8 Å². The monoisotopic (exact) mass is 347 g/mol. The number of thiazole rings is 1. The largest absolute Gasteiger partial charge is 0.318 e. The summed E-state index contributed by atoms with van der Waals surface area (Å²) in [6.07, 6.45) is 0.751. The summed E-state index contributed by atoms with van der Waals surface area (Å²) in [5.41, 5.74) is 1.84. The van der Waals surface area contributed by atoms with Crippen LogP contribution in [-0.2, 0) is 9.59 Å². The van der Waals surface area contributed by atoms with E-state index in [0.717, 1.165) is 17.7 Å². The molecule has 1 unspecified atom stereocenters. The van der Waals surface area contributed by atoms with Gasteiger partial charge in [0.15, 0.2) is 5.13 Å². The Balaban J connectivity index is 1.72. The smallest absolute Gasteiger partial charge is 0.249 e. The number of rotatable bonds is 4. The molecule has 1 aromatic carbocycles. The Bertz CT molecular complexity index is 715. The van der Waals surface area contributed by atoms with Crippen molar-refractivity contribution in [2.24, 2.45) is 0 Å². The molecule has 1 fully saturated rings. The predicted molar refractivity (Wildman–Crippen MR) is 94.4 cm³/mol. The summed E-state index contributed by atoms with van der Waals surface area (Å²) in [5.74, 6) is 0.401. The Morgan fingerprint density at radius 1 is 1.39 bits per heavy atom. The van der Waals surface area contributed by atoms with Crippen molar-refractivity contribution in [2.45, 2.75) is 24.8 Å². The van der Waals surface area contributed by atoms with Crippen LogP contribution in [0.3, 0.4) is 0 Å². The van der Waals surface area contributed by atoms with E-state index in [0.29, 0.717) is 10.9 Å². The molecule has 2 amide bonds. The van der Waals surface area contributed by atoms with Gasteiger partial charge in [-0.15, -0.1) is 23.1 Å². The number of benzene rings is 1. The molecule has 2 heterocycles. The molecule has 0 saturated carbocycles. The fourth-order valence-corrected chi connectivity index (χ4v) is 4.40. The molecule has 2 aromatic rings. The van der Waals surface area contributed by atoms with Gasteiger partial charge >= 0.3 is 0 Å². The molecule has 1 aliphatic heterocycles. The van der Waals surface area contributed by atoms with E-state index in [2.05, 4.69) is 10.3 Å². The van der Waals surface area contributed by atoms with E-state index in [1.165, 1.54) is 11.3 Å². The van der Waals surface area contributed by atoms with Crippen LogP contribution in [0.25, 0.3) is 11.3 Å². The number of aromatic nitrogens is 1. The topological polar surface area (TPSA) is 62.3 Å². The Labute approximate surface area is 143 Å². The molecular formula is C16H17N3O2S2. The van der Waals surface area contributed by atoms with Crippen LogP contribution in [0.2, 0.25) is 0 Å². The minimum absolute atomic E-state index is 0.191. The van der Waals surface area contributed by atoms with Crippen LogP contribution in [0.4, 0.5) is 5.13 Å². The second-order valence-corrected chi connectivity index (χ2v) is 8.16. The molecule has 0 spiro atoms. The second-order valence-electron chi connectivity index (χ2n) is 5.68. The average molecular weight is 347 g/mol. The number of carbonyl (C=O) groups excluding carboxylic acids is 2. The lowest BCUT2D eigenvalue weighted by atomic mass is 10.2. The number of hydrogen-bond acceptors (Lipinski definition) is 5. The van der Waals surface area contributed by atoms with Crippen molar-refractivity contribution in [3.63, 3.8) is 0 Å². The average Bonchev–Trinajstić information content (AvgIpc) is 3.11. The van der Waals surface area contributed by atoms with E-state index in [4.69, 9.17) is 0 Å². The van der Waals surface area contributed by atoms with Crippen LogP contribution in [0.15, 0.2) is 35.7 Å². The highest BCUT2D eigenvalue weighted by atomic mass is 32.2. The van der Waals surface area contributed by atoms with Crippen molar-refractivity contribution in [1.82, 2.24) is 9.88 Å². The number of anilines is 1. The maximum atomic E-state index is 12.5. The molecule has 0 bridgehead atoms. The minimum Gasteiger partial charge on any atom is -0.318 e. The molecule has 1 N–H and O–H groups in total. The first-order valence-corrected chi connectivity index (χ1v) is 9.07. The van der Waals surface area contributed by atoms with Crippen LogP contribution in [0, 0.1) is 0 Å². The zero-order valence-corrected chi connectivity index (χ0v) is 14.5. The predicted octanol–water partition coefficient (Wildman–Crippen LogP) is 3.06. The molecule has 1 aromatic heterocycles. The molecule has 23 heavy (non-hydrogen) atoms. The van der Waals surface area contributed by atoms with Gasteiger partial charge in [-0.25, -0.2) is 4.98 Å². The van der Waals surface area contributed by atoms with Crippen molar-refractivity contribution >= 4 is 40.5 Å². The molecule has 120 valence electrons. The first kappa shape index (κ1) is 16.0. The zero-order valence-electron chi connectivity index (χ0n) is 12.9. The third kappa shape index (κ3) is 3.25. The third-order valence-corrected chi connectivity index (χ3v) is 5.93. The fraction of sp³-hybridized carbons (Fsp3) is 0.312. The first-order chi connectivity index (χ1) is 11.0. The van der Waals surface area contributed by atoms with Gasteiger partial charge in [0, 0.05) is 16.7 Å². The van der Waals surface area contributed by atoms with Crippen molar-refractivity contribution in [2.75, 3.05) is 11.1 Å². The second kappa shape index (κ2) is 6.33. The van der Waals surface area contributed by atoms with Crippen molar-refractivity contribution in [3.8, 4) is 11.3 Å². The van der Waals surface area contributed by atoms with Crippen LogP contribution in [-0.4, -0.2) is 38.9 Å². The molecule has 1 aliphatic rings. The van der Waals surface area contributed by atoms with Gasteiger partial charge in [-0.2, -0.15) is 0 Å². The summed E-state index contributed by atoms with van der Waals surface area (Å²) in [5, 5.41) is 5.29. The molecule has 0 aliphatic carbocycles. The first-order valence-electron chi connectivity index (χ1n) is 7.21. The molecular weight excluding hydrogens is 330 g/mol. The van der Waals surface area contributed by atoms with Crippen LogP contribution in [0.5, 0.6) is 0 Å². The Morgan fingerprint density at radius 3 is 2.83 bits per heavy atom. The van der Waals surface area contributed by atoms with E-state index in [9.17, 15) is 9.59 Å². The van der Waals surface area contributed by atoms with Gasteiger partial charge < -0.3 is 10.2 Å². The summed E-state index contributed by atoms with van der Waals surface area (Å²) >= 11 is 2.98. The van der Waals surface area contributed by atoms with E-state index >= 15 is 0 Å². The number of carbonyl (C=O) groups is 2. The van der Waals surface area contributed by atoms with E-state index < -0.39 is 6.04 Å². The Hall–Kier alpha value is -1.86. The summed E-state index contributed by atoms with van der Waals surface area (Å²) in [6, 6.07) is 9.35. The van der Waals surface area contributed by atoms with Crippen molar-refractivity contribution in [1.29, 1.82) is 0 Å². The summed E-state index contributed by atoms with van der Waals surface area (Å²) in [6.45, 7) is 3.88. The SMILES string of the molecule is CC1(C)SCC(C(=O)Nc2nc(-c3ccccc3)cs2)N1C=O. The number of hydrogen-bond donors (Lipinski definition) is 1. The Kier molecular flexibility index (Phi) is 4.41. The highest BCUT2D eigenvalue weighted by molar-refractivity contribution is 8.00. The number of thioether (sulfide) groups is 1. The van der Waals surface area contributed by atoms with Gasteiger partial charge in [-0.3, -0.25) is 9.59 Å². The molecule has 3 rings (SSSR count). The number of nitrogens with one attached hydrogen (secondary N) is 1. The van der Waals surface area contributed by atoms with E-state index in [1.807, 2.05) is 49.6 Å². The lowest BCUT2D eigenvalue weighted by Crippen LogP contribution is -2.47. The van der Waals surface area contributed by atoms with Gasteiger partial charge in [0.25, 0.3) is 0 Å². The number of nitrogens with zero attached hydrogens (tertiary/aromatic N) is 2. The maximum absolute atomic E-state index is 12.5. The molecule has 1 atom stereocenters.